The van der Waals surface area contributed by atoms with E-state index >= 15 is 0 Å². The highest BCUT2D eigenvalue weighted by Crippen LogP contribution is 2.29. The van der Waals surface area contributed by atoms with Crippen molar-refractivity contribution in [1.82, 2.24) is 0 Å². The van der Waals surface area contributed by atoms with Gasteiger partial charge in [-0.05, 0) is 42.8 Å². The molecule has 5 nitrogen and oxygen atoms in total. The number of nitrogens with zero attached hydrogens (tertiary/aromatic N) is 1. The Kier molecular flexibility index (Phi) is 5.04. The molecule has 0 spiro atoms. The van der Waals surface area contributed by atoms with Gasteiger partial charge in [-0.1, -0.05) is 24.3 Å². The van der Waals surface area contributed by atoms with Gasteiger partial charge < -0.3 is 9.84 Å². The molecule has 2 aromatic carbocycles. The number of phenolic OH excluding ortho intramolecular Hbond substituents is 1. The summed E-state index contributed by atoms with van der Waals surface area (Å²) in [6, 6.07) is 13.9. The van der Waals surface area contributed by atoms with Crippen molar-refractivity contribution in [3.05, 3.63) is 59.0 Å². The van der Waals surface area contributed by atoms with E-state index in [0.717, 1.165) is 0 Å². The zero-order chi connectivity index (χ0) is 16.9. The second-order valence-electron chi connectivity index (χ2n) is 4.60. The molecule has 0 aliphatic rings. The summed E-state index contributed by atoms with van der Waals surface area (Å²) in [7, 11) is -3.89. The van der Waals surface area contributed by atoms with Crippen molar-refractivity contribution in [2.45, 2.75) is 11.8 Å². The molecule has 0 heterocycles. The van der Waals surface area contributed by atoms with Crippen molar-refractivity contribution < 1.29 is 18.3 Å². The van der Waals surface area contributed by atoms with Crippen LogP contribution in [0.2, 0.25) is 0 Å². The van der Waals surface area contributed by atoms with Gasteiger partial charge in [0.1, 0.15) is 11.0 Å². The Morgan fingerprint density at radius 2 is 1.96 bits per heavy atom. The first kappa shape index (κ1) is 16.6. The Labute approximate surface area is 135 Å². The minimum atomic E-state index is -3.89. The molecule has 23 heavy (non-hydrogen) atoms. The van der Waals surface area contributed by atoms with E-state index in [0.29, 0.717) is 12.2 Å². The predicted molar refractivity (Wildman–Crippen MR) is 86.5 cm³/mol. The summed E-state index contributed by atoms with van der Waals surface area (Å²) in [4.78, 5) is -0.326. The number of nitriles is 1. The fourth-order valence-electron chi connectivity index (χ4n) is 1.94. The number of aromatic hydroxyl groups is 1. The zero-order valence-electron chi connectivity index (χ0n) is 12.4. The van der Waals surface area contributed by atoms with Gasteiger partial charge in [-0.3, -0.25) is 0 Å². The molecule has 0 unspecified atom stereocenters. The average molecular weight is 329 g/mol. The maximum Gasteiger partial charge on any atom is 0.216 e. The lowest BCUT2D eigenvalue weighted by atomic mass is 10.2. The van der Waals surface area contributed by atoms with Crippen LogP contribution in [0.5, 0.6) is 11.5 Å². The highest BCUT2D eigenvalue weighted by atomic mass is 32.2. The fraction of sp³-hybridized carbons (Fsp3) is 0.118. The van der Waals surface area contributed by atoms with Crippen molar-refractivity contribution >= 4 is 15.9 Å². The highest BCUT2D eigenvalue weighted by molar-refractivity contribution is 7.95. The second-order valence-corrected chi connectivity index (χ2v) is 6.52. The van der Waals surface area contributed by atoms with Crippen molar-refractivity contribution in [1.29, 1.82) is 5.26 Å². The van der Waals surface area contributed by atoms with Crippen molar-refractivity contribution in [3.8, 4) is 17.6 Å². The molecule has 0 saturated heterocycles. The fourth-order valence-corrected chi connectivity index (χ4v) is 3.12. The molecule has 0 amide bonds. The van der Waals surface area contributed by atoms with Gasteiger partial charge in [0.05, 0.1) is 11.5 Å². The van der Waals surface area contributed by atoms with E-state index in [1.165, 1.54) is 36.4 Å². The summed E-state index contributed by atoms with van der Waals surface area (Å²) >= 11 is 0. The Hall–Kier alpha value is -2.78. The van der Waals surface area contributed by atoms with Crippen LogP contribution in [0.1, 0.15) is 12.5 Å². The van der Waals surface area contributed by atoms with Crippen LogP contribution in [0.25, 0.3) is 6.08 Å². The third-order valence-electron chi connectivity index (χ3n) is 3.03. The second kappa shape index (κ2) is 6.99. The van der Waals surface area contributed by atoms with Crippen LogP contribution < -0.4 is 4.74 Å². The molecule has 0 atom stereocenters. The molecule has 0 saturated carbocycles. The molecular formula is C17H15NO4S. The molecule has 0 bridgehead atoms. The quantitative estimate of drug-likeness (QED) is 0.852. The van der Waals surface area contributed by atoms with Crippen LogP contribution in [-0.2, 0) is 9.84 Å². The summed E-state index contributed by atoms with van der Waals surface area (Å²) in [5.41, 5.74) is 0.447. The normalized spacial score (nSPS) is 11.7. The summed E-state index contributed by atoms with van der Waals surface area (Å²) in [6.07, 6.45) is 1.25. The zero-order valence-corrected chi connectivity index (χ0v) is 13.2. The van der Waals surface area contributed by atoms with Crippen molar-refractivity contribution in [2.75, 3.05) is 6.61 Å². The highest BCUT2D eigenvalue weighted by Gasteiger charge is 2.20. The lowest BCUT2D eigenvalue weighted by Crippen LogP contribution is -2.03. The van der Waals surface area contributed by atoms with Gasteiger partial charge in [-0.15, -0.1) is 0 Å². The maximum absolute atomic E-state index is 12.5. The number of hydrogen-bond donors (Lipinski definition) is 1. The average Bonchev–Trinajstić information content (AvgIpc) is 2.56. The molecule has 0 radical (unpaired) electrons. The molecule has 6 heteroatoms. The van der Waals surface area contributed by atoms with Gasteiger partial charge >= 0.3 is 0 Å². The molecular weight excluding hydrogens is 314 g/mol. The summed E-state index contributed by atoms with van der Waals surface area (Å²) < 4.78 is 30.2. The summed E-state index contributed by atoms with van der Waals surface area (Å²) in [5, 5.41) is 18.9. The number of sulfone groups is 1. The number of rotatable bonds is 5. The molecule has 0 aliphatic heterocycles. The summed E-state index contributed by atoms with van der Waals surface area (Å²) in [5.74, 6) is 0.184. The summed E-state index contributed by atoms with van der Waals surface area (Å²) in [6.45, 7) is 2.12. The van der Waals surface area contributed by atoms with Gasteiger partial charge in [0.25, 0.3) is 0 Å². The first-order valence-corrected chi connectivity index (χ1v) is 8.35. The largest absolute Gasteiger partial charge is 0.504 e. The molecule has 0 aromatic heterocycles. The van der Waals surface area contributed by atoms with Crippen LogP contribution >= 0.6 is 0 Å². The number of phenols is 1. The minimum Gasteiger partial charge on any atom is -0.504 e. The van der Waals surface area contributed by atoms with Crippen molar-refractivity contribution in [3.63, 3.8) is 0 Å². The molecule has 2 rings (SSSR count). The lowest BCUT2D eigenvalue weighted by molar-refractivity contribution is 0.318. The third-order valence-corrected chi connectivity index (χ3v) is 4.72. The van der Waals surface area contributed by atoms with E-state index in [-0.39, 0.29) is 21.3 Å². The van der Waals surface area contributed by atoms with Gasteiger partial charge in [0.2, 0.25) is 9.84 Å². The van der Waals surface area contributed by atoms with Crippen LogP contribution in [0, 0.1) is 11.3 Å². The third kappa shape index (κ3) is 3.71. The van der Waals surface area contributed by atoms with Crippen LogP contribution in [0.15, 0.2) is 58.3 Å². The van der Waals surface area contributed by atoms with Gasteiger partial charge in [-0.2, -0.15) is 5.26 Å². The number of benzene rings is 2. The number of hydrogen-bond acceptors (Lipinski definition) is 5. The SMILES string of the molecule is CCOc1cc(/C=C(\C#N)S(=O)(=O)c2ccccc2)ccc1O. The van der Waals surface area contributed by atoms with Crippen LogP contribution in [-0.4, -0.2) is 20.1 Å². The molecule has 0 fully saturated rings. The van der Waals surface area contributed by atoms with E-state index in [1.54, 1.807) is 31.2 Å². The monoisotopic (exact) mass is 329 g/mol. The smallest absolute Gasteiger partial charge is 0.216 e. The standard InChI is InChI=1S/C17H15NO4S/c1-2-22-17-11-13(8-9-16(17)19)10-15(12-18)23(20,21)14-6-4-3-5-7-14/h3-11,19H,2H2,1H3/b15-10+. The van der Waals surface area contributed by atoms with E-state index in [9.17, 15) is 18.8 Å². The van der Waals surface area contributed by atoms with Gasteiger partial charge in [0.15, 0.2) is 11.5 Å². The molecule has 118 valence electrons. The van der Waals surface area contributed by atoms with E-state index in [2.05, 4.69) is 0 Å². The Morgan fingerprint density at radius 3 is 2.57 bits per heavy atom. The molecule has 0 aliphatic carbocycles. The van der Waals surface area contributed by atoms with E-state index in [1.807, 2.05) is 0 Å². The van der Waals surface area contributed by atoms with Gasteiger partial charge in [-0.25, -0.2) is 8.42 Å². The van der Waals surface area contributed by atoms with Crippen LogP contribution in [0.4, 0.5) is 0 Å². The van der Waals surface area contributed by atoms with E-state index < -0.39 is 9.84 Å². The first-order chi connectivity index (χ1) is 11.0. The lowest BCUT2D eigenvalue weighted by Gasteiger charge is -2.07. The Morgan fingerprint density at radius 1 is 1.26 bits per heavy atom. The minimum absolute atomic E-state index is 0.0478. The molecule has 1 N–H and O–H groups in total. The van der Waals surface area contributed by atoms with Gasteiger partial charge in [0, 0.05) is 0 Å². The topological polar surface area (TPSA) is 87.4 Å². The van der Waals surface area contributed by atoms with Crippen LogP contribution in [0.3, 0.4) is 0 Å². The Bertz CT molecular complexity index is 865. The first-order valence-electron chi connectivity index (χ1n) is 6.86. The number of allylic oxidation sites excluding steroid dienone is 1. The Balaban J connectivity index is 2.48. The predicted octanol–water partition coefficient (Wildman–Crippen LogP) is 3.13. The molecule has 2 aromatic rings. The maximum atomic E-state index is 12.5. The van der Waals surface area contributed by atoms with Crippen molar-refractivity contribution in [2.24, 2.45) is 0 Å². The van der Waals surface area contributed by atoms with E-state index in [4.69, 9.17) is 4.74 Å². The number of ether oxygens (including phenoxy) is 1.